The van der Waals surface area contributed by atoms with Gasteiger partial charge in [0, 0.05) is 12.6 Å². The van der Waals surface area contributed by atoms with Crippen LogP contribution < -0.4 is 10.5 Å². The Hall–Kier alpha value is -2.39. The highest BCUT2D eigenvalue weighted by molar-refractivity contribution is 5.83. The van der Waals surface area contributed by atoms with Gasteiger partial charge >= 0.3 is 0 Å². The van der Waals surface area contributed by atoms with Crippen molar-refractivity contribution in [2.75, 3.05) is 6.61 Å². The van der Waals surface area contributed by atoms with Gasteiger partial charge in [-0.25, -0.2) is 0 Å². The molecule has 3 nitrogen and oxygen atoms in total. The number of ether oxygens (including phenoxy) is 1. The maximum atomic E-state index is 6.74. The minimum absolute atomic E-state index is 0.584. The second kappa shape index (κ2) is 4.57. The van der Waals surface area contributed by atoms with E-state index >= 15 is 0 Å². The molecule has 0 spiro atoms. The highest BCUT2D eigenvalue weighted by Gasteiger charge is 2.37. The van der Waals surface area contributed by atoms with Gasteiger partial charge in [-0.1, -0.05) is 36.4 Å². The predicted molar refractivity (Wildman–Crippen MR) is 83.3 cm³/mol. The first-order valence-electron chi connectivity index (χ1n) is 7.14. The van der Waals surface area contributed by atoms with E-state index in [4.69, 9.17) is 10.5 Å². The van der Waals surface area contributed by atoms with Crippen molar-refractivity contribution in [3.63, 3.8) is 0 Å². The van der Waals surface area contributed by atoms with E-state index in [-0.39, 0.29) is 0 Å². The SMILES string of the molecule is N[C@]1(c2ccc3ccccc3c2)CCOc2cccnc21. The van der Waals surface area contributed by atoms with Gasteiger partial charge in [0.1, 0.15) is 11.4 Å². The summed E-state index contributed by atoms with van der Waals surface area (Å²) in [4.78, 5) is 4.48. The molecule has 0 saturated carbocycles. The topological polar surface area (TPSA) is 48.1 Å². The van der Waals surface area contributed by atoms with Crippen LogP contribution in [0, 0.1) is 0 Å². The van der Waals surface area contributed by atoms with Crippen molar-refractivity contribution in [2.24, 2.45) is 5.73 Å². The van der Waals surface area contributed by atoms with E-state index in [0.29, 0.717) is 6.61 Å². The standard InChI is InChI=1S/C18H16N2O/c19-18(9-11-21-16-6-3-10-20-17(16)18)15-8-7-13-4-1-2-5-14(13)12-15/h1-8,10,12H,9,11,19H2/t18-/m0/s1. The zero-order chi connectivity index (χ0) is 14.3. The lowest BCUT2D eigenvalue weighted by Gasteiger charge is -2.34. The molecular formula is C18H16N2O. The van der Waals surface area contributed by atoms with E-state index < -0.39 is 5.54 Å². The normalized spacial score (nSPS) is 20.8. The Morgan fingerprint density at radius 1 is 1.00 bits per heavy atom. The van der Waals surface area contributed by atoms with Gasteiger partial charge in [0.25, 0.3) is 0 Å². The van der Waals surface area contributed by atoms with E-state index in [9.17, 15) is 0 Å². The first-order valence-corrected chi connectivity index (χ1v) is 7.14. The van der Waals surface area contributed by atoms with Crippen molar-refractivity contribution < 1.29 is 4.74 Å². The maximum absolute atomic E-state index is 6.74. The molecule has 1 aliphatic rings. The van der Waals surface area contributed by atoms with Gasteiger partial charge in [0.15, 0.2) is 0 Å². The fourth-order valence-corrected chi connectivity index (χ4v) is 3.03. The van der Waals surface area contributed by atoms with E-state index in [2.05, 4.69) is 35.3 Å². The molecule has 0 aliphatic carbocycles. The number of hydrogen-bond donors (Lipinski definition) is 1. The monoisotopic (exact) mass is 276 g/mol. The summed E-state index contributed by atoms with van der Waals surface area (Å²) in [6, 6.07) is 18.5. The number of aromatic nitrogens is 1. The second-order valence-corrected chi connectivity index (χ2v) is 5.48. The highest BCUT2D eigenvalue weighted by Crippen LogP contribution is 2.38. The molecule has 2 aromatic carbocycles. The number of hydrogen-bond acceptors (Lipinski definition) is 3. The summed E-state index contributed by atoms with van der Waals surface area (Å²) < 4.78 is 5.69. The molecule has 3 aromatic rings. The van der Waals surface area contributed by atoms with Gasteiger partial charge in [-0.05, 0) is 34.5 Å². The Kier molecular flexibility index (Phi) is 2.69. The number of pyridine rings is 1. The van der Waals surface area contributed by atoms with Crippen LogP contribution in [-0.2, 0) is 5.54 Å². The quantitative estimate of drug-likeness (QED) is 0.742. The van der Waals surface area contributed by atoms with Gasteiger partial charge in [-0.15, -0.1) is 0 Å². The van der Waals surface area contributed by atoms with Gasteiger partial charge in [-0.2, -0.15) is 0 Å². The van der Waals surface area contributed by atoms with E-state index in [0.717, 1.165) is 23.4 Å². The summed E-state index contributed by atoms with van der Waals surface area (Å²) in [5.41, 5.74) is 8.07. The van der Waals surface area contributed by atoms with Gasteiger partial charge < -0.3 is 10.5 Å². The Labute approximate surface area is 123 Å². The molecule has 0 radical (unpaired) electrons. The molecule has 104 valence electrons. The number of nitrogens with two attached hydrogens (primary N) is 1. The first-order chi connectivity index (χ1) is 10.3. The van der Waals surface area contributed by atoms with Crippen LogP contribution in [0.15, 0.2) is 60.8 Å². The maximum Gasteiger partial charge on any atom is 0.143 e. The Morgan fingerprint density at radius 3 is 2.76 bits per heavy atom. The summed E-state index contributed by atoms with van der Waals surface area (Å²) in [5, 5.41) is 2.42. The molecule has 0 bridgehead atoms. The van der Waals surface area contributed by atoms with Crippen LogP contribution in [0.25, 0.3) is 10.8 Å². The molecule has 2 N–H and O–H groups in total. The van der Waals surface area contributed by atoms with Crippen molar-refractivity contribution in [1.29, 1.82) is 0 Å². The van der Waals surface area contributed by atoms with Crippen LogP contribution >= 0.6 is 0 Å². The molecule has 4 rings (SSSR count). The van der Waals surface area contributed by atoms with Crippen LogP contribution in [0.2, 0.25) is 0 Å². The third kappa shape index (κ3) is 1.89. The molecule has 1 aromatic heterocycles. The van der Waals surface area contributed by atoms with E-state index in [1.54, 1.807) is 6.20 Å². The van der Waals surface area contributed by atoms with Crippen LogP contribution in [0.4, 0.5) is 0 Å². The number of benzene rings is 2. The van der Waals surface area contributed by atoms with E-state index in [1.807, 2.05) is 24.3 Å². The van der Waals surface area contributed by atoms with E-state index in [1.165, 1.54) is 10.8 Å². The fraction of sp³-hybridized carbons (Fsp3) is 0.167. The van der Waals surface area contributed by atoms with Gasteiger partial charge in [0.05, 0.1) is 12.1 Å². The summed E-state index contributed by atoms with van der Waals surface area (Å²) in [7, 11) is 0. The average molecular weight is 276 g/mol. The third-order valence-corrected chi connectivity index (χ3v) is 4.21. The largest absolute Gasteiger partial charge is 0.491 e. The minimum Gasteiger partial charge on any atom is -0.491 e. The van der Waals surface area contributed by atoms with Gasteiger partial charge in [0.2, 0.25) is 0 Å². The van der Waals surface area contributed by atoms with Crippen LogP contribution in [0.1, 0.15) is 17.7 Å². The zero-order valence-corrected chi connectivity index (χ0v) is 11.6. The lowest BCUT2D eigenvalue weighted by Crippen LogP contribution is -2.43. The summed E-state index contributed by atoms with van der Waals surface area (Å²) >= 11 is 0. The summed E-state index contributed by atoms with van der Waals surface area (Å²) in [5.74, 6) is 0.791. The van der Waals surface area contributed by atoms with Crippen LogP contribution in [-0.4, -0.2) is 11.6 Å². The van der Waals surface area contributed by atoms with Crippen LogP contribution in [0.5, 0.6) is 5.75 Å². The third-order valence-electron chi connectivity index (χ3n) is 4.21. The van der Waals surface area contributed by atoms with Crippen LogP contribution in [0.3, 0.4) is 0 Å². The van der Waals surface area contributed by atoms with Crippen molar-refractivity contribution in [3.8, 4) is 5.75 Å². The van der Waals surface area contributed by atoms with Crippen molar-refractivity contribution in [1.82, 2.24) is 4.98 Å². The average Bonchev–Trinajstić information content (AvgIpc) is 2.55. The number of rotatable bonds is 1. The minimum atomic E-state index is -0.584. The molecule has 21 heavy (non-hydrogen) atoms. The highest BCUT2D eigenvalue weighted by atomic mass is 16.5. The smallest absolute Gasteiger partial charge is 0.143 e. The molecule has 0 unspecified atom stereocenters. The lowest BCUT2D eigenvalue weighted by atomic mass is 9.82. The lowest BCUT2D eigenvalue weighted by molar-refractivity contribution is 0.232. The number of fused-ring (bicyclic) bond motifs is 2. The molecule has 1 atom stereocenters. The molecule has 2 heterocycles. The molecule has 0 saturated heterocycles. The molecule has 3 heteroatoms. The molecule has 1 aliphatic heterocycles. The summed E-state index contributed by atoms with van der Waals surface area (Å²) in [6.45, 7) is 0.613. The fourth-order valence-electron chi connectivity index (χ4n) is 3.03. The molecular weight excluding hydrogens is 260 g/mol. The molecule has 0 amide bonds. The Balaban J connectivity index is 1.91. The zero-order valence-electron chi connectivity index (χ0n) is 11.6. The Bertz CT molecular complexity index is 815. The van der Waals surface area contributed by atoms with Gasteiger partial charge in [-0.3, -0.25) is 4.98 Å². The van der Waals surface area contributed by atoms with Crippen molar-refractivity contribution in [2.45, 2.75) is 12.0 Å². The molecule has 0 fully saturated rings. The summed E-state index contributed by atoms with van der Waals surface area (Å²) in [6.07, 6.45) is 2.51. The van der Waals surface area contributed by atoms with Crippen molar-refractivity contribution in [3.05, 3.63) is 72.1 Å². The first kappa shape index (κ1) is 12.4. The number of nitrogens with zero attached hydrogens (tertiary/aromatic N) is 1. The predicted octanol–water partition coefficient (Wildman–Crippen LogP) is 3.22. The van der Waals surface area contributed by atoms with Crippen molar-refractivity contribution >= 4 is 10.8 Å². The second-order valence-electron chi connectivity index (χ2n) is 5.48. The Morgan fingerprint density at radius 2 is 1.86 bits per heavy atom.